The number of anilines is 1. The summed E-state index contributed by atoms with van der Waals surface area (Å²) < 4.78 is 5.43. The molecule has 1 N–H and O–H groups in total. The molecule has 7 heteroatoms. The summed E-state index contributed by atoms with van der Waals surface area (Å²) >= 11 is 6.22. The van der Waals surface area contributed by atoms with Gasteiger partial charge in [0, 0.05) is 29.1 Å². The van der Waals surface area contributed by atoms with Gasteiger partial charge in [-0.1, -0.05) is 11.6 Å². The maximum atomic E-state index is 12.6. The van der Waals surface area contributed by atoms with Gasteiger partial charge in [0.15, 0.2) is 0 Å². The molecule has 26 heavy (non-hydrogen) atoms. The summed E-state index contributed by atoms with van der Waals surface area (Å²) in [6.45, 7) is 3.62. The molecule has 0 saturated heterocycles. The number of halogens is 1. The standard InChI is InChI=1S/C19H17ClN4O2/c1-11-9-17(23-12(2)22-11)24-19(25)13-6-7-14(16(10-13)26-3)18-15(20)5-4-8-21-18/h4-10H,1-3H3,(H,22,23,24,25). The van der Waals surface area contributed by atoms with Crippen LogP contribution in [0.5, 0.6) is 5.75 Å². The number of nitrogens with one attached hydrogen (secondary N) is 1. The zero-order valence-electron chi connectivity index (χ0n) is 14.6. The number of pyridine rings is 1. The van der Waals surface area contributed by atoms with E-state index in [9.17, 15) is 4.79 Å². The van der Waals surface area contributed by atoms with Crippen molar-refractivity contribution in [3.05, 3.63) is 64.7 Å². The molecule has 3 aromatic rings. The lowest BCUT2D eigenvalue weighted by Gasteiger charge is -2.12. The van der Waals surface area contributed by atoms with Crippen LogP contribution in [0.2, 0.25) is 5.02 Å². The Morgan fingerprint density at radius 3 is 2.65 bits per heavy atom. The molecular weight excluding hydrogens is 352 g/mol. The summed E-state index contributed by atoms with van der Waals surface area (Å²) in [5.74, 6) is 1.27. The van der Waals surface area contributed by atoms with Gasteiger partial charge in [0.25, 0.3) is 5.91 Å². The largest absolute Gasteiger partial charge is 0.496 e. The van der Waals surface area contributed by atoms with Crippen LogP contribution < -0.4 is 10.1 Å². The van der Waals surface area contributed by atoms with Gasteiger partial charge in [-0.05, 0) is 44.2 Å². The topological polar surface area (TPSA) is 77.0 Å². The summed E-state index contributed by atoms with van der Waals surface area (Å²) in [4.78, 5) is 25.3. The first kappa shape index (κ1) is 17.8. The Labute approximate surface area is 156 Å². The van der Waals surface area contributed by atoms with Crippen LogP contribution in [0.4, 0.5) is 5.82 Å². The van der Waals surface area contributed by atoms with E-state index in [1.54, 1.807) is 49.5 Å². The number of carbonyl (C=O) groups is 1. The van der Waals surface area contributed by atoms with Gasteiger partial charge in [0.05, 0.1) is 17.8 Å². The van der Waals surface area contributed by atoms with E-state index in [4.69, 9.17) is 16.3 Å². The fourth-order valence-electron chi connectivity index (χ4n) is 2.58. The normalized spacial score (nSPS) is 10.5. The van der Waals surface area contributed by atoms with Crippen LogP contribution in [0.1, 0.15) is 21.9 Å². The number of hydrogen-bond donors (Lipinski definition) is 1. The number of aromatic nitrogens is 3. The predicted octanol–water partition coefficient (Wildman–Crippen LogP) is 4.07. The Kier molecular flexibility index (Phi) is 5.14. The van der Waals surface area contributed by atoms with Crippen molar-refractivity contribution < 1.29 is 9.53 Å². The van der Waals surface area contributed by atoms with Crippen LogP contribution in [0.25, 0.3) is 11.3 Å². The summed E-state index contributed by atoms with van der Waals surface area (Å²) in [5.41, 5.74) is 2.53. The molecular formula is C19H17ClN4O2. The SMILES string of the molecule is COc1cc(C(=O)Nc2cc(C)nc(C)n2)ccc1-c1ncccc1Cl. The van der Waals surface area contributed by atoms with Crippen molar-refractivity contribution in [2.45, 2.75) is 13.8 Å². The Hall–Kier alpha value is -2.99. The number of benzene rings is 1. The van der Waals surface area contributed by atoms with E-state index < -0.39 is 0 Å². The molecule has 2 heterocycles. The van der Waals surface area contributed by atoms with E-state index in [0.717, 1.165) is 5.69 Å². The van der Waals surface area contributed by atoms with Crippen LogP contribution in [0.3, 0.4) is 0 Å². The van der Waals surface area contributed by atoms with E-state index in [2.05, 4.69) is 20.3 Å². The minimum Gasteiger partial charge on any atom is -0.496 e. The third-order valence-electron chi connectivity index (χ3n) is 3.68. The second-order valence-corrected chi connectivity index (χ2v) is 6.05. The maximum absolute atomic E-state index is 12.6. The molecule has 0 aliphatic rings. The van der Waals surface area contributed by atoms with Crippen molar-refractivity contribution >= 4 is 23.3 Å². The Morgan fingerprint density at radius 1 is 1.15 bits per heavy atom. The minimum absolute atomic E-state index is 0.292. The average molecular weight is 369 g/mol. The van der Waals surface area contributed by atoms with Gasteiger partial charge in [-0.25, -0.2) is 9.97 Å². The van der Waals surface area contributed by atoms with Gasteiger partial charge < -0.3 is 10.1 Å². The molecule has 0 fully saturated rings. The molecule has 3 rings (SSSR count). The van der Waals surface area contributed by atoms with Crippen LogP contribution >= 0.6 is 11.6 Å². The highest BCUT2D eigenvalue weighted by Crippen LogP contribution is 2.33. The number of hydrogen-bond acceptors (Lipinski definition) is 5. The Bertz CT molecular complexity index is 955. The number of aryl methyl sites for hydroxylation is 2. The quantitative estimate of drug-likeness (QED) is 0.751. The molecule has 0 spiro atoms. The molecule has 1 aromatic carbocycles. The van der Waals surface area contributed by atoms with Crippen molar-refractivity contribution in [3.63, 3.8) is 0 Å². The number of rotatable bonds is 4. The lowest BCUT2D eigenvalue weighted by atomic mass is 10.1. The van der Waals surface area contributed by atoms with Crippen molar-refractivity contribution in [2.75, 3.05) is 12.4 Å². The van der Waals surface area contributed by atoms with Crippen LogP contribution in [-0.4, -0.2) is 28.0 Å². The third kappa shape index (κ3) is 3.81. The first-order valence-electron chi connectivity index (χ1n) is 7.90. The van der Waals surface area contributed by atoms with Gasteiger partial charge in [-0.3, -0.25) is 9.78 Å². The smallest absolute Gasteiger partial charge is 0.256 e. The van der Waals surface area contributed by atoms with Crippen molar-refractivity contribution in [2.24, 2.45) is 0 Å². The number of ether oxygens (including phenoxy) is 1. The summed E-state index contributed by atoms with van der Waals surface area (Å²) in [7, 11) is 1.54. The first-order chi connectivity index (χ1) is 12.5. The molecule has 6 nitrogen and oxygen atoms in total. The lowest BCUT2D eigenvalue weighted by Crippen LogP contribution is -2.14. The molecule has 0 aliphatic heterocycles. The highest BCUT2D eigenvalue weighted by atomic mass is 35.5. The van der Waals surface area contributed by atoms with E-state index >= 15 is 0 Å². The minimum atomic E-state index is -0.292. The van der Waals surface area contributed by atoms with Gasteiger partial charge in [-0.2, -0.15) is 0 Å². The molecule has 0 aliphatic carbocycles. The molecule has 2 aromatic heterocycles. The van der Waals surface area contributed by atoms with Gasteiger partial charge in [0.2, 0.25) is 0 Å². The summed E-state index contributed by atoms with van der Waals surface area (Å²) in [6, 6.07) is 10.3. The van der Waals surface area contributed by atoms with Gasteiger partial charge in [0.1, 0.15) is 17.4 Å². The molecule has 0 saturated carbocycles. The van der Waals surface area contributed by atoms with Gasteiger partial charge >= 0.3 is 0 Å². The second-order valence-electron chi connectivity index (χ2n) is 5.64. The fourth-order valence-corrected chi connectivity index (χ4v) is 2.80. The zero-order valence-corrected chi connectivity index (χ0v) is 15.3. The predicted molar refractivity (Wildman–Crippen MR) is 101 cm³/mol. The van der Waals surface area contributed by atoms with E-state index in [0.29, 0.717) is 39.2 Å². The zero-order chi connectivity index (χ0) is 18.7. The monoisotopic (exact) mass is 368 g/mol. The maximum Gasteiger partial charge on any atom is 0.256 e. The van der Waals surface area contributed by atoms with Gasteiger partial charge in [-0.15, -0.1) is 0 Å². The summed E-state index contributed by atoms with van der Waals surface area (Å²) in [5, 5.41) is 3.28. The average Bonchev–Trinajstić information content (AvgIpc) is 2.60. The Balaban J connectivity index is 1.91. The van der Waals surface area contributed by atoms with Crippen LogP contribution in [0.15, 0.2) is 42.6 Å². The molecule has 0 unspecified atom stereocenters. The van der Waals surface area contributed by atoms with Crippen molar-refractivity contribution in [1.29, 1.82) is 0 Å². The van der Waals surface area contributed by atoms with E-state index in [-0.39, 0.29) is 5.91 Å². The number of nitrogens with zero attached hydrogens (tertiary/aromatic N) is 3. The number of carbonyl (C=O) groups excluding carboxylic acids is 1. The molecule has 0 radical (unpaired) electrons. The number of amides is 1. The molecule has 132 valence electrons. The molecule has 1 amide bonds. The molecule has 0 atom stereocenters. The summed E-state index contributed by atoms with van der Waals surface area (Å²) in [6.07, 6.45) is 1.65. The van der Waals surface area contributed by atoms with E-state index in [1.165, 1.54) is 7.11 Å². The van der Waals surface area contributed by atoms with Crippen LogP contribution in [-0.2, 0) is 0 Å². The third-order valence-corrected chi connectivity index (χ3v) is 3.99. The lowest BCUT2D eigenvalue weighted by molar-refractivity contribution is 0.102. The van der Waals surface area contributed by atoms with Crippen molar-refractivity contribution in [3.8, 4) is 17.0 Å². The number of methoxy groups -OCH3 is 1. The molecule has 0 bridgehead atoms. The second kappa shape index (κ2) is 7.49. The van der Waals surface area contributed by atoms with Crippen LogP contribution in [0, 0.1) is 13.8 Å². The highest BCUT2D eigenvalue weighted by Gasteiger charge is 2.15. The van der Waals surface area contributed by atoms with E-state index in [1.807, 2.05) is 6.92 Å². The Morgan fingerprint density at radius 2 is 1.96 bits per heavy atom. The highest BCUT2D eigenvalue weighted by molar-refractivity contribution is 6.33. The fraction of sp³-hybridized carbons (Fsp3) is 0.158. The van der Waals surface area contributed by atoms with Crippen molar-refractivity contribution in [1.82, 2.24) is 15.0 Å². The first-order valence-corrected chi connectivity index (χ1v) is 8.28.